The molecule has 30 heavy (non-hydrogen) atoms. The van der Waals surface area contributed by atoms with Crippen molar-refractivity contribution in [1.82, 2.24) is 9.88 Å². The van der Waals surface area contributed by atoms with Gasteiger partial charge in [0, 0.05) is 25.5 Å². The molecule has 0 atom stereocenters. The van der Waals surface area contributed by atoms with Crippen LogP contribution in [0.25, 0.3) is 10.9 Å². The normalized spacial score (nSPS) is 14.0. The average molecular weight is 405 g/mol. The third-order valence-corrected chi connectivity index (χ3v) is 5.34. The monoisotopic (exact) mass is 405 g/mol. The van der Waals surface area contributed by atoms with E-state index in [9.17, 15) is 4.79 Å². The number of benzene rings is 2. The highest BCUT2D eigenvalue weighted by Crippen LogP contribution is 2.24. The van der Waals surface area contributed by atoms with E-state index in [1.807, 2.05) is 71.4 Å². The molecule has 6 nitrogen and oxygen atoms in total. The number of aromatic nitrogens is 1. The highest BCUT2D eigenvalue weighted by atomic mass is 16.5. The standard InChI is InChI=1S/C24H27N3O3/c1-18-7-9-19(10-8-18)30-16-11-26(2)23-17-21(20-5-3-4-6-22(20)25-23)24(28)27-12-14-29-15-13-27/h3-10,17H,11-16H2,1-2H3. The predicted molar refractivity (Wildman–Crippen MR) is 118 cm³/mol. The fourth-order valence-corrected chi connectivity index (χ4v) is 3.52. The molecule has 2 heterocycles. The zero-order chi connectivity index (χ0) is 20.9. The van der Waals surface area contributed by atoms with Gasteiger partial charge in [0.15, 0.2) is 0 Å². The Bertz CT molecular complexity index is 1010. The first kappa shape index (κ1) is 20.2. The van der Waals surface area contributed by atoms with E-state index < -0.39 is 0 Å². The fraction of sp³-hybridized carbons (Fsp3) is 0.333. The number of hydrogen-bond acceptors (Lipinski definition) is 5. The van der Waals surface area contributed by atoms with Crippen LogP contribution < -0.4 is 9.64 Å². The Hall–Kier alpha value is -3.12. The smallest absolute Gasteiger partial charge is 0.254 e. The summed E-state index contributed by atoms with van der Waals surface area (Å²) in [5, 5.41) is 0.877. The fourth-order valence-electron chi connectivity index (χ4n) is 3.52. The molecule has 1 amide bonds. The molecule has 1 aliphatic heterocycles. The van der Waals surface area contributed by atoms with Gasteiger partial charge in [-0.3, -0.25) is 4.79 Å². The molecular weight excluding hydrogens is 378 g/mol. The number of carbonyl (C=O) groups is 1. The van der Waals surface area contributed by atoms with Crippen LogP contribution in [-0.4, -0.2) is 62.3 Å². The number of amides is 1. The second kappa shape index (κ2) is 9.13. The van der Waals surface area contributed by atoms with E-state index in [1.54, 1.807) is 0 Å². The number of anilines is 1. The Morgan fingerprint density at radius 1 is 1.13 bits per heavy atom. The predicted octanol–water partition coefficient (Wildman–Crippen LogP) is 3.53. The summed E-state index contributed by atoms with van der Waals surface area (Å²) in [6.07, 6.45) is 0. The van der Waals surface area contributed by atoms with Crippen molar-refractivity contribution in [2.45, 2.75) is 6.92 Å². The maximum Gasteiger partial charge on any atom is 0.254 e. The summed E-state index contributed by atoms with van der Waals surface area (Å²) in [6, 6.07) is 17.7. The molecule has 1 aromatic heterocycles. The van der Waals surface area contributed by atoms with Crippen molar-refractivity contribution >= 4 is 22.6 Å². The molecule has 0 bridgehead atoms. The van der Waals surface area contributed by atoms with Gasteiger partial charge in [-0.15, -0.1) is 0 Å². The number of likely N-dealkylation sites (N-methyl/N-ethyl adjacent to an activating group) is 1. The molecular formula is C24H27N3O3. The Kier molecular flexibility index (Phi) is 6.14. The van der Waals surface area contributed by atoms with Crippen LogP contribution in [0.15, 0.2) is 54.6 Å². The lowest BCUT2D eigenvalue weighted by molar-refractivity contribution is 0.0304. The molecule has 0 N–H and O–H groups in total. The Morgan fingerprint density at radius 3 is 2.63 bits per heavy atom. The maximum atomic E-state index is 13.2. The second-order valence-corrected chi connectivity index (χ2v) is 7.53. The summed E-state index contributed by atoms with van der Waals surface area (Å²) in [4.78, 5) is 21.9. The van der Waals surface area contributed by atoms with Crippen molar-refractivity contribution in [3.05, 3.63) is 65.7 Å². The Balaban J connectivity index is 1.53. The number of ether oxygens (including phenoxy) is 2. The van der Waals surface area contributed by atoms with Gasteiger partial charge in [0.1, 0.15) is 18.2 Å². The van der Waals surface area contributed by atoms with Crippen LogP contribution in [-0.2, 0) is 4.74 Å². The number of para-hydroxylation sites is 1. The summed E-state index contributed by atoms with van der Waals surface area (Å²) in [5.74, 6) is 1.64. The van der Waals surface area contributed by atoms with Gasteiger partial charge < -0.3 is 19.3 Å². The van der Waals surface area contributed by atoms with Gasteiger partial charge in [-0.05, 0) is 31.2 Å². The number of aryl methyl sites for hydroxylation is 1. The molecule has 4 rings (SSSR count). The van der Waals surface area contributed by atoms with E-state index >= 15 is 0 Å². The molecule has 0 radical (unpaired) electrons. The van der Waals surface area contributed by atoms with Gasteiger partial charge in [0.25, 0.3) is 5.91 Å². The zero-order valence-electron chi connectivity index (χ0n) is 17.5. The third-order valence-electron chi connectivity index (χ3n) is 5.34. The summed E-state index contributed by atoms with van der Waals surface area (Å²) in [7, 11) is 1.97. The Morgan fingerprint density at radius 2 is 1.87 bits per heavy atom. The van der Waals surface area contributed by atoms with Crippen molar-refractivity contribution < 1.29 is 14.3 Å². The highest BCUT2D eigenvalue weighted by Gasteiger charge is 2.22. The molecule has 0 unspecified atom stereocenters. The number of hydrogen-bond donors (Lipinski definition) is 0. The lowest BCUT2D eigenvalue weighted by Gasteiger charge is -2.28. The van der Waals surface area contributed by atoms with E-state index in [4.69, 9.17) is 14.5 Å². The lowest BCUT2D eigenvalue weighted by Crippen LogP contribution is -2.40. The van der Waals surface area contributed by atoms with Crippen LogP contribution >= 0.6 is 0 Å². The summed E-state index contributed by atoms with van der Waals surface area (Å²) in [5.41, 5.74) is 2.71. The minimum Gasteiger partial charge on any atom is -0.492 e. The van der Waals surface area contributed by atoms with Crippen molar-refractivity contribution in [3.63, 3.8) is 0 Å². The first-order valence-electron chi connectivity index (χ1n) is 10.3. The minimum atomic E-state index is 0.0301. The number of pyridine rings is 1. The second-order valence-electron chi connectivity index (χ2n) is 7.53. The van der Waals surface area contributed by atoms with Gasteiger partial charge >= 0.3 is 0 Å². The van der Waals surface area contributed by atoms with Crippen LogP contribution in [0.5, 0.6) is 5.75 Å². The highest BCUT2D eigenvalue weighted by molar-refractivity contribution is 6.07. The van der Waals surface area contributed by atoms with Crippen LogP contribution in [0.1, 0.15) is 15.9 Å². The van der Waals surface area contributed by atoms with Crippen molar-refractivity contribution in [2.24, 2.45) is 0 Å². The van der Waals surface area contributed by atoms with E-state index in [-0.39, 0.29) is 5.91 Å². The molecule has 3 aromatic rings. The Labute approximate surface area is 177 Å². The van der Waals surface area contributed by atoms with E-state index in [1.165, 1.54) is 5.56 Å². The molecule has 1 saturated heterocycles. The van der Waals surface area contributed by atoms with Crippen LogP contribution in [0.4, 0.5) is 5.82 Å². The first-order valence-corrected chi connectivity index (χ1v) is 10.3. The molecule has 0 spiro atoms. The van der Waals surface area contributed by atoms with Crippen LogP contribution in [0.2, 0.25) is 0 Å². The first-order chi connectivity index (χ1) is 14.6. The summed E-state index contributed by atoms with van der Waals surface area (Å²) < 4.78 is 11.2. The molecule has 0 saturated carbocycles. The molecule has 6 heteroatoms. The van der Waals surface area contributed by atoms with Crippen molar-refractivity contribution in [3.8, 4) is 5.75 Å². The zero-order valence-corrected chi connectivity index (χ0v) is 17.5. The molecule has 156 valence electrons. The van der Waals surface area contributed by atoms with Gasteiger partial charge in [-0.25, -0.2) is 4.98 Å². The maximum absolute atomic E-state index is 13.2. The van der Waals surface area contributed by atoms with E-state index in [0.29, 0.717) is 45.0 Å². The quantitative estimate of drug-likeness (QED) is 0.628. The van der Waals surface area contributed by atoms with Crippen molar-refractivity contribution in [2.75, 3.05) is 51.4 Å². The number of carbonyl (C=O) groups excluding carboxylic acids is 1. The van der Waals surface area contributed by atoms with Crippen LogP contribution in [0.3, 0.4) is 0 Å². The van der Waals surface area contributed by atoms with Gasteiger partial charge in [-0.1, -0.05) is 35.9 Å². The summed E-state index contributed by atoms with van der Waals surface area (Å²) >= 11 is 0. The largest absolute Gasteiger partial charge is 0.492 e. The average Bonchev–Trinajstić information content (AvgIpc) is 2.79. The number of fused-ring (bicyclic) bond motifs is 1. The van der Waals surface area contributed by atoms with E-state index in [0.717, 1.165) is 22.5 Å². The number of morpholine rings is 1. The number of nitrogens with zero attached hydrogens (tertiary/aromatic N) is 3. The topological polar surface area (TPSA) is 54.9 Å². The third kappa shape index (κ3) is 4.54. The van der Waals surface area contributed by atoms with Gasteiger partial charge in [0.2, 0.25) is 0 Å². The van der Waals surface area contributed by atoms with Crippen LogP contribution in [0, 0.1) is 6.92 Å². The lowest BCUT2D eigenvalue weighted by atomic mass is 10.1. The molecule has 1 fully saturated rings. The minimum absolute atomic E-state index is 0.0301. The summed E-state index contributed by atoms with van der Waals surface area (Å²) in [6.45, 7) is 5.63. The molecule has 2 aromatic carbocycles. The van der Waals surface area contributed by atoms with Gasteiger partial charge in [-0.2, -0.15) is 0 Å². The SMILES string of the molecule is Cc1ccc(OCCN(C)c2cc(C(=O)N3CCOCC3)c3ccccc3n2)cc1. The van der Waals surface area contributed by atoms with Crippen molar-refractivity contribution in [1.29, 1.82) is 0 Å². The van der Waals surface area contributed by atoms with Gasteiger partial charge in [0.05, 0.1) is 30.8 Å². The van der Waals surface area contributed by atoms with E-state index in [2.05, 4.69) is 6.92 Å². The molecule has 0 aliphatic carbocycles. The number of rotatable bonds is 6. The molecule has 1 aliphatic rings.